The lowest BCUT2D eigenvalue weighted by Gasteiger charge is -2.58. The van der Waals surface area contributed by atoms with Gasteiger partial charge >= 0.3 is 0 Å². The highest BCUT2D eigenvalue weighted by atomic mass is 28.4. The SMILES string of the molecule is C=C[Si](C)(C)O[C@H]1CC[C@@]2(C)C(=CCC3C2CC[C@@]2(C)C3CC[C@@H]2C(C)=O)C1. The van der Waals surface area contributed by atoms with Crippen LogP contribution in [0.1, 0.15) is 72.1 Å². The summed E-state index contributed by atoms with van der Waals surface area (Å²) >= 11 is 0. The molecular formula is C25H40O2Si. The molecule has 0 N–H and O–H groups in total. The number of hydrogen-bond acceptors (Lipinski definition) is 2. The third-order valence-electron chi connectivity index (χ3n) is 9.51. The lowest BCUT2D eigenvalue weighted by atomic mass is 9.47. The third kappa shape index (κ3) is 3.12. The van der Waals surface area contributed by atoms with Crippen LogP contribution in [0.15, 0.2) is 23.9 Å². The molecule has 4 aliphatic rings. The van der Waals surface area contributed by atoms with Gasteiger partial charge in [0.25, 0.3) is 0 Å². The van der Waals surface area contributed by atoms with Gasteiger partial charge in [-0.25, -0.2) is 0 Å². The predicted octanol–water partition coefficient (Wildman–Crippen LogP) is 6.47. The van der Waals surface area contributed by atoms with Crippen molar-refractivity contribution in [2.45, 2.75) is 91.3 Å². The van der Waals surface area contributed by atoms with Crippen LogP contribution in [0.4, 0.5) is 0 Å². The van der Waals surface area contributed by atoms with Crippen LogP contribution < -0.4 is 0 Å². The van der Waals surface area contributed by atoms with E-state index in [0.29, 0.717) is 23.2 Å². The van der Waals surface area contributed by atoms with Crippen LogP contribution >= 0.6 is 0 Å². The molecule has 7 atom stereocenters. The third-order valence-corrected chi connectivity index (χ3v) is 11.4. The average Bonchev–Trinajstić information content (AvgIpc) is 2.99. The van der Waals surface area contributed by atoms with Crippen molar-refractivity contribution in [1.82, 2.24) is 0 Å². The van der Waals surface area contributed by atoms with Crippen molar-refractivity contribution in [3.05, 3.63) is 23.9 Å². The van der Waals surface area contributed by atoms with Crippen LogP contribution in [0, 0.1) is 34.5 Å². The van der Waals surface area contributed by atoms with E-state index in [-0.39, 0.29) is 5.41 Å². The van der Waals surface area contributed by atoms with Crippen LogP contribution in [0.2, 0.25) is 13.1 Å². The summed E-state index contributed by atoms with van der Waals surface area (Å²) in [5.41, 5.74) is 4.37. The first kappa shape index (κ1) is 20.6. The molecule has 3 heteroatoms. The number of Topliss-reactive ketones (excluding diaryl/α,β-unsaturated/α-hetero) is 1. The van der Waals surface area contributed by atoms with Crippen LogP contribution in [0.5, 0.6) is 0 Å². The normalized spacial score (nSPS) is 45.5. The molecular weight excluding hydrogens is 360 g/mol. The summed E-state index contributed by atoms with van der Waals surface area (Å²) < 4.78 is 6.53. The number of fused-ring (bicyclic) bond motifs is 5. The molecule has 28 heavy (non-hydrogen) atoms. The summed E-state index contributed by atoms with van der Waals surface area (Å²) in [6.07, 6.45) is 12.8. The summed E-state index contributed by atoms with van der Waals surface area (Å²) in [5, 5.41) is 0. The molecule has 0 aliphatic heterocycles. The van der Waals surface area contributed by atoms with Crippen molar-refractivity contribution in [3.63, 3.8) is 0 Å². The molecule has 0 bridgehead atoms. The second-order valence-corrected chi connectivity index (χ2v) is 15.2. The highest BCUT2D eigenvalue weighted by Crippen LogP contribution is 2.66. The Morgan fingerprint density at radius 1 is 1.18 bits per heavy atom. The Labute approximate surface area is 173 Å². The quantitative estimate of drug-likeness (QED) is 0.399. The number of carbonyl (C=O) groups is 1. The lowest BCUT2D eigenvalue weighted by molar-refractivity contribution is -0.127. The summed E-state index contributed by atoms with van der Waals surface area (Å²) in [6, 6.07) is 0. The van der Waals surface area contributed by atoms with Crippen LogP contribution in [-0.4, -0.2) is 20.2 Å². The topological polar surface area (TPSA) is 26.3 Å². The monoisotopic (exact) mass is 400 g/mol. The lowest BCUT2D eigenvalue weighted by Crippen LogP contribution is -2.51. The molecule has 4 aliphatic carbocycles. The van der Waals surface area contributed by atoms with Crippen LogP contribution in [-0.2, 0) is 9.22 Å². The van der Waals surface area contributed by atoms with E-state index in [1.807, 2.05) is 6.92 Å². The fourth-order valence-electron chi connectivity index (χ4n) is 7.87. The van der Waals surface area contributed by atoms with Crippen molar-refractivity contribution in [2.24, 2.45) is 34.5 Å². The Balaban J connectivity index is 1.55. The molecule has 0 aromatic carbocycles. The standard InChI is InChI=1S/C25H40O2Si/c1-7-28(5,6)27-19-12-14-24(3)18(16-19)8-9-20-22-11-10-21(17(2)26)25(22,4)15-13-23(20)24/h7-8,19-23H,1,9-16H2,2-6H3/t19-,20?,21+,22?,23?,24-,25+/m0/s1. The number of ketones is 1. The number of hydrogen-bond donors (Lipinski definition) is 0. The van der Waals surface area contributed by atoms with Crippen molar-refractivity contribution in [1.29, 1.82) is 0 Å². The van der Waals surface area contributed by atoms with Crippen molar-refractivity contribution in [3.8, 4) is 0 Å². The van der Waals surface area contributed by atoms with E-state index in [4.69, 9.17) is 4.43 Å². The number of allylic oxidation sites excluding steroid dienone is 1. The second-order valence-electron chi connectivity index (χ2n) is 11.3. The summed E-state index contributed by atoms with van der Waals surface area (Å²) in [4.78, 5) is 12.3. The summed E-state index contributed by atoms with van der Waals surface area (Å²) in [7, 11) is -1.72. The Morgan fingerprint density at radius 3 is 2.61 bits per heavy atom. The number of rotatable bonds is 4. The molecule has 156 valence electrons. The van der Waals surface area contributed by atoms with Gasteiger partial charge in [-0.05, 0) is 100.0 Å². The zero-order chi connectivity index (χ0) is 20.3. The maximum absolute atomic E-state index is 12.3. The minimum Gasteiger partial charge on any atom is -0.410 e. The molecule has 0 saturated heterocycles. The van der Waals surface area contributed by atoms with Gasteiger partial charge < -0.3 is 4.43 Å². The molecule has 4 rings (SSSR count). The zero-order valence-electron chi connectivity index (χ0n) is 18.7. The van der Waals surface area contributed by atoms with Gasteiger partial charge in [-0.1, -0.05) is 31.2 Å². The van der Waals surface area contributed by atoms with E-state index in [0.717, 1.165) is 30.6 Å². The van der Waals surface area contributed by atoms with E-state index in [1.54, 1.807) is 5.57 Å². The first-order chi connectivity index (χ1) is 13.1. The van der Waals surface area contributed by atoms with Gasteiger partial charge in [0.15, 0.2) is 0 Å². The number of carbonyl (C=O) groups excluding carboxylic acids is 1. The van der Waals surface area contributed by atoms with E-state index in [9.17, 15) is 4.79 Å². The van der Waals surface area contributed by atoms with Gasteiger partial charge in [0.05, 0.1) is 0 Å². The van der Waals surface area contributed by atoms with Gasteiger partial charge in [0, 0.05) is 12.0 Å². The van der Waals surface area contributed by atoms with E-state index in [1.165, 1.54) is 38.5 Å². The largest absolute Gasteiger partial charge is 0.410 e. The zero-order valence-corrected chi connectivity index (χ0v) is 19.7. The molecule has 0 amide bonds. The molecule has 0 aromatic heterocycles. The minimum atomic E-state index is -1.72. The van der Waals surface area contributed by atoms with Crippen molar-refractivity contribution >= 4 is 14.1 Å². The van der Waals surface area contributed by atoms with E-state index >= 15 is 0 Å². The van der Waals surface area contributed by atoms with Crippen molar-refractivity contribution < 1.29 is 9.22 Å². The van der Waals surface area contributed by atoms with E-state index < -0.39 is 8.32 Å². The molecule has 2 nitrogen and oxygen atoms in total. The second kappa shape index (κ2) is 6.94. The predicted molar refractivity (Wildman–Crippen MR) is 118 cm³/mol. The van der Waals surface area contributed by atoms with Gasteiger partial charge in [-0.15, -0.1) is 6.58 Å². The minimum absolute atomic E-state index is 0.259. The molecule has 0 radical (unpaired) electrons. The Kier molecular flexibility index (Phi) is 5.10. The van der Waals surface area contributed by atoms with Crippen LogP contribution in [0.3, 0.4) is 0 Å². The Bertz CT molecular complexity index is 695. The van der Waals surface area contributed by atoms with Gasteiger partial charge in [0.1, 0.15) is 5.78 Å². The Morgan fingerprint density at radius 2 is 1.93 bits per heavy atom. The first-order valence-corrected chi connectivity index (χ1v) is 14.6. The first-order valence-electron chi connectivity index (χ1n) is 11.6. The average molecular weight is 401 g/mol. The maximum atomic E-state index is 12.3. The van der Waals surface area contributed by atoms with Crippen molar-refractivity contribution in [2.75, 3.05) is 0 Å². The molecule has 0 spiro atoms. The molecule has 3 fully saturated rings. The van der Waals surface area contributed by atoms with Gasteiger partial charge in [0.2, 0.25) is 8.32 Å². The van der Waals surface area contributed by atoms with Gasteiger partial charge in [-0.3, -0.25) is 4.79 Å². The highest BCUT2D eigenvalue weighted by molar-refractivity contribution is 6.76. The molecule has 3 saturated carbocycles. The molecule has 3 unspecified atom stereocenters. The summed E-state index contributed by atoms with van der Waals surface area (Å²) in [6.45, 7) is 15.4. The molecule has 0 heterocycles. The maximum Gasteiger partial charge on any atom is 0.210 e. The van der Waals surface area contributed by atoms with Crippen LogP contribution in [0.25, 0.3) is 0 Å². The van der Waals surface area contributed by atoms with Gasteiger partial charge in [-0.2, -0.15) is 0 Å². The highest BCUT2D eigenvalue weighted by Gasteiger charge is 2.59. The Hall–Kier alpha value is -0.673. The van der Waals surface area contributed by atoms with E-state index in [2.05, 4.69) is 45.3 Å². The fraction of sp³-hybridized carbons (Fsp3) is 0.800. The fourth-order valence-corrected chi connectivity index (χ4v) is 9.03. The summed E-state index contributed by atoms with van der Waals surface area (Å²) in [5.74, 6) is 3.09. The molecule has 0 aromatic rings. The smallest absolute Gasteiger partial charge is 0.210 e.